The molecule has 0 spiro atoms. The summed E-state index contributed by atoms with van der Waals surface area (Å²) < 4.78 is 0. The maximum atomic E-state index is 12.5. The number of likely N-dealkylation sites (N-methyl/N-ethyl adjacent to an activating group) is 1. The number of nitrogens with zero attached hydrogens (tertiary/aromatic N) is 4. The van der Waals surface area contributed by atoms with Crippen LogP contribution in [0.4, 0.5) is 4.79 Å². The van der Waals surface area contributed by atoms with Crippen molar-refractivity contribution in [3.63, 3.8) is 0 Å². The quantitative estimate of drug-likeness (QED) is 0.731. The largest absolute Gasteiger partial charge is 0.339 e. The summed E-state index contributed by atoms with van der Waals surface area (Å²) in [5, 5.41) is 0. The highest BCUT2D eigenvalue weighted by molar-refractivity contribution is 5.79. The molecule has 6 nitrogen and oxygen atoms in total. The molecular formula is C17H30N4O2. The van der Waals surface area contributed by atoms with Gasteiger partial charge in [-0.15, -0.1) is 6.58 Å². The van der Waals surface area contributed by atoms with Crippen LogP contribution < -0.4 is 0 Å². The minimum Gasteiger partial charge on any atom is -0.339 e. The van der Waals surface area contributed by atoms with Gasteiger partial charge < -0.3 is 19.6 Å². The number of piperazine rings is 2. The van der Waals surface area contributed by atoms with Crippen molar-refractivity contribution in [2.75, 3.05) is 59.4 Å². The van der Waals surface area contributed by atoms with Crippen LogP contribution in [0.3, 0.4) is 0 Å². The van der Waals surface area contributed by atoms with Crippen LogP contribution in [0.25, 0.3) is 0 Å². The van der Waals surface area contributed by atoms with E-state index in [1.807, 2.05) is 28.5 Å². The molecular weight excluding hydrogens is 292 g/mol. The van der Waals surface area contributed by atoms with E-state index in [1.165, 1.54) is 0 Å². The van der Waals surface area contributed by atoms with Crippen molar-refractivity contribution in [2.24, 2.45) is 5.92 Å². The normalized spacial score (nSPS) is 21.3. The molecule has 23 heavy (non-hydrogen) atoms. The number of hydrogen-bond acceptors (Lipinski definition) is 3. The van der Waals surface area contributed by atoms with Gasteiger partial charge in [0.1, 0.15) is 0 Å². The smallest absolute Gasteiger partial charge is 0.320 e. The Kier molecular flexibility index (Phi) is 6.04. The predicted molar refractivity (Wildman–Crippen MR) is 91.2 cm³/mol. The van der Waals surface area contributed by atoms with Crippen LogP contribution in [0, 0.1) is 5.92 Å². The molecule has 0 aromatic rings. The van der Waals surface area contributed by atoms with Gasteiger partial charge in [0.15, 0.2) is 0 Å². The number of allylic oxidation sites excluding steroid dienone is 1. The molecule has 0 N–H and O–H groups in total. The molecule has 0 aromatic heterocycles. The number of hydrogen-bond donors (Lipinski definition) is 0. The number of urea groups is 1. The zero-order valence-electron chi connectivity index (χ0n) is 14.8. The van der Waals surface area contributed by atoms with E-state index in [-0.39, 0.29) is 17.9 Å². The molecule has 2 saturated heterocycles. The SMILES string of the molecule is C=C(C)CC(C)C(=O)N1CCN(C(=O)N2CCN(C)CC2)CC1. The fourth-order valence-corrected chi connectivity index (χ4v) is 3.24. The Hall–Kier alpha value is -1.56. The van der Waals surface area contributed by atoms with Gasteiger partial charge in [0.2, 0.25) is 5.91 Å². The van der Waals surface area contributed by atoms with Gasteiger partial charge in [-0.25, -0.2) is 4.79 Å². The Morgan fingerprint density at radius 1 is 0.913 bits per heavy atom. The van der Waals surface area contributed by atoms with Crippen molar-refractivity contribution in [1.82, 2.24) is 19.6 Å². The summed E-state index contributed by atoms with van der Waals surface area (Å²) in [5.41, 5.74) is 1.04. The Morgan fingerprint density at radius 2 is 1.35 bits per heavy atom. The highest BCUT2D eigenvalue weighted by Crippen LogP contribution is 2.15. The van der Waals surface area contributed by atoms with Crippen LogP contribution in [0.1, 0.15) is 20.3 Å². The highest BCUT2D eigenvalue weighted by atomic mass is 16.2. The first-order valence-electron chi connectivity index (χ1n) is 8.54. The van der Waals surface area contributed by atoms with E-state index < -0.39 is 0 Å². The first-order valence-corrected chi connectivity index (χ1v) is 8.54. The molecule has 1 unspecified atom stereocenters. The van der Waals surface area contributed by atoms with Gasteiger partial charge in [-0.3, -0.25) is 4.79 Å². The molecule has 130 valence electrons. The van der Waals surface area contributed by atoms with Gasteiger partial charge in [0, 0.05) is 58.3 Å². The third-order valence-electron chi connectivity index (χ3n) is 4.71. The molecule has 6 heteroatoms. The van der Waals surface area contributed by atoms with E-state index in [9.17, 15) is 9.59 Å². The molecule has 2 rings (SSSR count). The summed E-state index contributed by atoms with van der Waals surface area (Å²) in [6.07, 6.45) is 0.735. The van der Waals surface area contributed by atoms with Gasteiger partial charge in [0.25, 0.3) is 0 Å². The average Bonchev–Trinajstić information content (AvgIpc) is 2.53. The van der Waals surface area contributed by atoms with Crippen molar-refractivity contribution in [3.05, 3.63) is 12.2 Å². The molecule has 2 fully saturated rings. The summed E-state index contributed by atoms with van der Waals surface area (Å²) in [7, 11) is 2.08. The Labute approximate surface area is 139 Å². The fraction of sp³-hybridized carbons (Fsp3) is 0.765. The number of rotatable bonds is 3. The minimum atomic E-state index is -0.0209. The zero-order valence-corrected chi connectivity index (χ0v) is 14.8. The monoisotopic (exact) mass is 322 g/mol. The number of amides is 3. The Balaban J connectivity index is 1.80. The second-order valence-electron chi connectivity index (χ2n) is 6.95. The van der Waals surface area contributed by atoms with E-state index in [1.54, 1.807) is 0 Å². The fourth-order valence-electron chi connectivity index (χ4n) is 3.24. The van der Waals surface area contributed by atoms with Crippen molar-refractivity contribution in [3.8, 4) is 0 Å². The lowest BCUT2D eigenvalue weighted by atomic mass is 10.0. The Bertz CT molecular complexity index is 450. The molecule has 2 heterocycles. The average molecular weight is 322 g/mol. The van der Waals surface area contributed by atoms with Gasteiger partial charge in [-0.05, 0) is 20.4 Å². The molecule has 0 bridgehead atoms. The van der Waals surface area contributed by atoms with Crippen LogP contribution in [-0.2, 0) is 4.79 Å². The maximum Gasteiger partial charge on any atom is 0.320 e. The zero-order chi connectivity index (χ0) is 17.0. The summed E-state index contributed by atoms with van der Waals surface area (Å²) in [6.45, 7) is 13.8. The summed E-state index contributed by atoms with van der Waals surface area (Å²) >= 11 is 0. The number of carbonyl (C=O) groups is 2. The summed E-state index contributed by atoms with van der Waals surface area (Å²) in [6, 6.07) is 0.125. The molecule has 0 radical (unpaired) electrons. The molecule has 0 saturated carbocycles. The second-order valence-corrected chi connectivity index (χ2v) is 6.95. The van der Waals surface area contributed by atoms with Crippen molar-refractivity contribution in [1.29, 1.82) is 0 Å². The summed E-state index contributed by atoms with van der Waals surface area (Å²) in [4.78, 5) is 32.9. The van der Waals surface area contributed by atoms with E-state index in [2.05, 4.69) is 18.5 Å². The first kappa shape index (κ1) is 17.8. The van der Waals surface area contributed by atoms with Gasteiger partial charge >= 0.3 is 6.03 Å². The van der Waals surface area contributed by atoms with E-state index >= 15 is 0 Å². The first-order chi connectivity index (χ1) is 10.9. The van der Waals surface area contributed by atoms with E-state index in [0.29, 0.717) is 26.2 Å². The lowest BCUT2D eigenvalue weighted by Crippen LogP contribution is -2.57. The van der Waals surface area contributed by atoms with Crippen molar-refractivity contribution < 1.29 is 9.59 Å². The third kappa shape index (κ3) is 4.70. The second kappa shape index (κ2) is 7.81. The van der Waals surface area contributed by atoms with Crippen LogP contribution >= 0.6 is 0 Å². The van der Waals surface area contributed by atoms with Gasteiger partial charge in [-0.1, -0.05) is 12.5 Å². The van der Waals surface area contributed by atoms with Gasteiger partial charge in [-0.2, -0.15) is 0 Å². The topological polar surface area (TPSA) is 47.1 Å². The number of carbonyl (C=O) groups excluding carboxylic acids is 2. The van der Waals surface area contributed by atoms with Crippen LogP contribution in [0.5, 0.6) is 0 Å². The maximum absolute atomic E-state index is 12.5. The van der Waals surface area contributed by atoms with Crippen molar-refractivity contribution in [2.45, 2.75) is 20.3 Å². The van der Waals surface area contributed by atoms with Gasteiger partial charge in [0.05, 0.1) is 0 Å². The highest BCUT2D eigenvalue weighted by Gasteiger charge is 2.29. The standard InChI is InChI=1S/C17H30N4O2/c1-14(2)13-15(3)16(22)19-9-11-21(12-10-19)17(23)20-7-5-18(4)6-8-20/h15H,1,5-13H2,2-4H3. The molecule has 3 amide bonds. The predicted octanol–water partition coefficient (Wildman–Crippen LogP) is 1.10. The van der Waals surface area contributed by atoms with Crippen LogP contribution in [0.15, 0.2) is 12.2 Å². The molecule has 2 aliphatic heterocycles. The van der Waals surface area contributed by atoms with Crippen LogP contribution in [0.2, 0.25) is 0 Å². The summed E-state index contributed by atoms with van der Waals surface area (Å²) in [5.74, 6) is 0.159. The lowest BCUT2D eigenvalue weighted by Gasteiger charge is -2.40. The van der Waals surface area contributed by atoms with E-state index in [0.717, 1.165) is 38.2 Å². The third-order valence-corrected chi connectivity index (χ3v) is 4.71. The minimum absolute atomic E-state index is 0.0209. The molecule has 0 aromatic carbocycles. The molecule has 2 aliphatic rings. The molecule has 1 atom stereocenters. The lowest BCUT2D eigenvalue weighted by molar-refractivity contribution is -0.136. The van der Waals surface area contributed by atoms with Crippen molar-refractivity contribution >= 4 is 11.9 Å². The Morgan fingerprint density at radius 3 is 1.83 bits per heavy atom. The molecule has 0 aliphatic carbocycles. The van der Waals surface area contributed by atoms with Crippen LogP contribution in [-0.4, -0.2) is 90.9 Å². The van der Waals surface area contributed by atoms with E-state index in [4.69, 9.17) is 0 Å².